The number of nitrogens with zero attached hydrogens (tertiary/aromatic N) is 1. The van der Waals surface area contributed by atoms with E-state index in [1.165, 1.54) is 0 Å². The van der Waals surface area contributed by atoms with Crippen molar-refractivity contribution in [3.63, 3.8) is 0 Å². The topological polar surface area (TPSA) is 113 Å². The fourth-order valence-electron chi connectivity index (χ4n) is 2.73. The Hall–Kier alpha value is -2.91. The van der Waals surface area contributed by atoms with Gasteiger partial charge >= 0.3 is 0 Å². The molecule has 0 radical (unpaired) electrons. The molecule has 0 aliphatic rings. The van der Waals surface area contributed by atoms with Gasteiger partial charge in [0.2, 0.25) is 11.9 Å². The van der Waals surface area contributed by atoms with Gasteiger partial charge in [-0.2, -0.15) is 0 Å². The predicted molar refractivity (Wildman–Crippen MR) is 116 cm³/mol. The lowest BCUT2D eigenvalue weighted by atomic mass is 9.95. The summed E-state index contributed by atoms with van der Waals surface area (Å²) in [5.74, 6) is -3.93. The van der Waals surface area contributed by atoms with Crippen LogP contribution in [0.5, 0.6) is 0 Å². The fourth-order valence-corrected chi connectivity index (χ4v) is 3.26. The van der Waals surface area contributed by atoms with Gasteiger partial charge in [-0.3, -0.25) is 9.59 Å². The average molecular weight is 470 g/mol. The predicted octanol–water partition coefficient (Wildman–Crippen LogP) is 4.65. The van der Waals surface area contributed by atoms with Gasteiger partial charge < -0.3 is 21.4 Å². The largest absolute Gasteiger partial charge is 0.366 e. The van der Waals surface area contributed by atoms with Gasteiger partial charge in [0.05, 0.1) is 26.8 Å². The maximum absolute atomic E-state index is 14.3. The SMILES string of the molecule is CC(C)(C)C(=O)NCc1ccc(Cl)c(Nc2nc3cc(C(N)=O)c(F)c(F)c3[nH]2)c1Cl. The van der Waals surface area contributed by atoms with E-state index in [0.717, 1.165) is 6.07 Å². The van der Waals surface area contributed by atoms with Gasteiger partial charge in [-0.05, 0) is 17.7 Å². The van der Waals surface area contributed by atoms with Gasteiger partial charge in [-0.25, -0.2) is 13.8 Å². The third kappa shape index (κ3) is 4.57. The minimum Gasteiger partial charge on any atom is -0.366 e. The molecular weight excluding hydrogens is 451 g/mol. The van der Waals surface area contributed by atoms with Crippen molar-refractivity contribution in [2.45, 2.75) is 27.3 Å². The summed E-state index contributed by atoms with van der Waals surface area (Å²) in [5, 5.41) is 6.08. The van der Waals surface area contributed by atoms with Gasteiger partial charge in [-0.1, -0.05) is 50.0 Å². The number of nitrogens with one attached hydrogen (secondary N) is 3. The van der Waals surface area contributed by atoms with E-state index in [9.17, 15) is 18.4 Å². The van der Waals surface area contributed by atoms with E-state index < -0.39 is 28.5 Å². The molecule has 0 saturated carbocycles. The second-order valence-corrected chi connectivity index (χ2v) is 8.63. The summed E-state index contributed by atoms with van der Waals surface area (Å²) in [6.45, 7) is 5.51. The lowest BCUT2D eigenvalue weighted by Crippen LogP contribution is -2.34. The highest BCUT2D eigenvalue weighted by Gasteiger charge is 2.22. The number of aromatic amines is 1. The smallest absolute Gasteiger partial charge is 0.251 e. The molecule has 0 saturated heterocycles. The van der Waals surface area contributed by atoms with Gasteiger partial charge in [0, 0.05) is 12.0 Å². The van der Waals surface area contributed by atoms with E-state index in [0.29, 0.717) is 5.56 Å². The molecule has 0 fully saturated rings. The Bertz CT molecular complexity index is 1200. The summed E-state index contributed by atoms with van der Waals surface area (Å²) in [6.07, 6.45) is 0. The van der Waals surface area contributed by atoms with Crippen molar-refractivity contribution in [3.8, 4) is 0 Å². The number of carbonyl (C=O) groups excluding carboxylic acids is 2. The van der Waals surface area contributed by atoms with E-state index in [1.54, 1.807) is 32.9 Å². The molecule has 1 heterocycles. The number of primary amides is 1. The van der Waals surface area contributed by atoms with Crippen LogP contribution in [0.25, 0.3) is 11.0 Å². The van der Waals surface area contributed by atoms with Crippen molar-refractivity contribution in [2.24, 2.45) is 11.1 Å². The molecule has 2 aromatic carbocycles. The fraction of sp³-hybridized carbons (Fsp3) is 0.250. The van der Waals surface area contributed by atoms with Crippen molar-refractivity contribution in [2.75, 3.05) is 5.32 Å². The molecule has 3 rings (SSSR count). The van der Waals surface area contributed by atoms with Crippen molar-refractivity contribution < 1.29 is 18.4 Å². The number of hydrogen-bond donors (Lipinski definition) is 4. The van der Waals surface area contributed by atoms with Crippen LogP contribution in [0.4, 0.5) is 20.4 Å². The Morgan fingerprint density at radius 1 is 1.19 bits per heavy atom. The normalized spacial score (nSPS) is 11.6. The summed E-state index contributed by atoms with van der Waals surface area (Å²) in [7, 11) is 0. The first kappa shape index (κ1) is 22.8. The van der Waals surface area contributed by atoms with E-state index in [4.69, 9.17) is 28.9 Å². The van der Waals surface area contributed by atoms with Crippen LogP contribution in [0.15, 0.2) is 18.2 Å². The molecule has 31 heavy (non-hydrogen) atoms. The molecule has 0 spiro atoms. The number of fused-ring (bicyclic) bond motifs is 1. The number of benzene rings is 2. The Morgan fingerprint density at radius 2 is 1.87 bits per heavy atom. The highest BCUT2D eigenvalue weighted by atomic mass is 35.5. The minimum absolute atomic E-state index is 0.00889. The Morgan fingerprint density at radius 3 is 2.48 bits per heavy atom. The molecule has 3 aromatic rings. The summed E-state index contributed by atoms with van der Waals surface area (Å²) >= 11 is 12.7. The van der Waals surface area contributed by atoms with E-state index in [2.05, 4.69) is 20.6 Å². The lowest BCUT2D eigenvalue weighted by molar-refractivity contribution is -0.128. The van der Waals surface area contributed by atoms with Crippen LogP contribution in [0.1, 0.15) is 36.7 Å². The highest BCUT2D eigenvalue weighted by Crippen LogP contribution is 2.36. The van der Waals surface area contributed by atoms with Gasteiger partial charge in [-0.15, -0.1) is 0 Å². The molecular formula is C20H19Cl2F2N5O2. The van der Waals surface area contributed by atoms with Crippen LogP contribution in [-0.4, -0.2) is 21.8 Å². The molecule has 11 heteroatoms. The lowest BCUT2D eigenvalue weighted by Gasteiger charge is -2.19. The number of carbonyl (C=O) groups is 2. The summed E-state index contributed by atoms with van der Waals surface area (Å²) < 4.78 is 28.3. The zero-order valence-corrected chi connectivity index (χ0v) is 18.3. The Kier molecular flexibility index (Phi) is 6.11. The van der Waals surface area contributed by atoms with Gasteiger partial charge in [0.15, 0.2) is 11.6 Å². The number of aromatic nitrogens is 2. The van der Waals surface area contributed by atoms with E-state index in [1.807, 2.05) is 0 Å². The molecule has 5 N–H and O–H groups in total. The second-order valence-electron chi connectivity index (χ2n) is 7.85. The van der Waals surface area contributed by atoms with Crippen LogP contribution >= 0.6 is 23.2 Å². The molecule has 0 aliphatic heterocycles. The van der Waals surface area contributed by atoms with E-state index in [-0.39, 0.29) is 45.2 Å². The number of hydrogen-bond acceptors (Lipinski definition) is 4. The first-order valence-corrected chi connectivity index (χ1v) is 9.85. The van der Waals surface area contributed by atoms with Crippen LogP contribution < -0.4 is 16.4 Å². The van der Waals surface area contributed by atoms with Crippen LogP contribution in [0.2, 0.25) is 10.0 Å². The Labute approximate surface area is 186 Å². The maximum Gasteiger partial charge on any atom is 0.251 e. The van der Waals surface area contributed by atoms with Gasteiger partial charge in [0.1, 0.15) is 5.52 Å². The van der Waals surface area contributed by atoms with Crippen LogP contribution in [0.3, 0.4) is 0 Å². The number of amides is 2. The standard InChI is InChI=1S/C20H19Cl2F2N5O2/c1-20(2,3)18(31)26-7-8-4-5-10(21)15(12(8)22)28-19-27-11-6-9(17(25)30)13(23)14(24)16(11)29-19/h4-6H,7H2,1-3H3,(H2,25,30)(H,26,31)(H2,27,28,29). The summed E-state index contributed by atoms with van der Waals surface area (Å²) in [4.78, 5) is 30.1. The number of H-pyrrole nitrogens is 1. The quantitative estimate of drug-likeness (QED) is 0.435. The number of halogens is 4. The zero-order valence-electron chi connectivity index (χ0n) is 16.8. The number of imidazole rings is 1. The minimum atomic E-state index is -1.37. The second kappa shape index (κ2) is 8.32. The molecule has 0 unspecified atom stereocenters. The molecule has 1 aromatic heterocycles. The third-order valence-electron chi connectivity index (χ3n) is 4.46. The average Bonchev–Trinajstić information content (AvgIpc) is 3.09. The molecule has 7 nitrogen and oxygen atoms in total. The number of nitrogens with two attached hydrogens (primary N) is 1. The van der Waals surface area contributed by atoms with Crippen molar-refractivity contribution in [1.29, 1.82) is 0 Å². The molecule has 0 bridgehead atoms. The maximum atomic E-state index is 14.3. The van der Waals surface area contributed by atoms with Crippen molar-refractivity contribution in [1.82, 2.24) is 15.3 Å². The number of rotatable bonds is 5. The first-order valence-electron chi connectivity index (χ1n) is 9.10. The Balaban J connectivity index is 1.94. The molecule has 164 valence electrons. The van der Waals surface area contributed by atoms with Crippen LogP contribution in [0, 0.1) is 17.0 Å². The summed E-state index contributed by atoms with van der Waals surface area (Å²) in [6, 6.07) is 4.27. The van der Waals surface area contributed by atoms with Gasteiger partial charge in [0.25, 0.3) is 5.91 Å². The van der Waals surface area contributed by atoms with Crippen LogP contribution in [-0.2, 0) is 11.3 Å². The molecule has 2 amide bonds. The highest BCUT2D eigenvalue weighted by molar-refractivity contribution is 6.39. The number of anilines is 2. The monoisotopic (exact) mass is 469 g/mol. The third-order valence-corrected chi connectivity index (χ3v) is 5.21. The van der Waals surface area contributed by atoms with Crippen molar-refractivity contribution >= 4 is 57.7 Å². The zero-order chi connectivity index (χ0) is 23.1. The summed E-state index contributed by atoms with van der Waals surface area (Å²) in [5.41, 5.74) is 4.44. The molecule has 0 aliphatic carbocycles. The van der Waals surface area contributed by atoms with E-state index >= 15 is 0 Å². The molecule has 0 atom stereocenters. The van der Waals surface area contributed by atoms with Crippen molar-refractivity contribution in [3.05, 3.63) is 51.0 Å². The first-order chi connectivity index (χ1) is 14.4.